The summed E-state index contributed by atoms with van der Waals surface area (Å²) in [5.74, 6) is 0. The molecule has 0 unspecified atom stereocenters. The molecule has 0 bridgehead atoms. The average molecular weight is 351 g/mol. The monoisotopic (exact) mass is 350 g/mol. The third kappa shape index (κ3) is 18.1. The summed E-state index contributed by atoms with van der Waals surface area (Å²) >= 11 is 0. The van der Waals surface area contributed by atoms with Crippen LogP contribution < -0.4 is 0 Å². The second-order valence-electron chi connectivity index (χ2n) is 7.45. The Labute approximate surface area is 144 Å². The van der Waals surface area contributed by atoms with Crippen LogP contribution in [0.25, 0.3) is 0 Å². The van der Waals surface area contributed by atoms with Gasteiger partial charge in [0.1, 0.15) is 0 Å². The molecule has 4 nitrogen and oxygen atoms in total. The molecule has 0 aromatic heterocycles. The van der Waals surface area contributed by atoms with E-state index >= 15 is 0 Å². The first-order chi connectivity index (χ1) is 10.8. The van der Waals surface area contributed by atoms with Crippen molar-refractivity contribution in [3.05, 3.63) is 0 Å². The summed E-state index contributed by atoms with van der Waals surface area (Å²) in [6.07, 6.45) is 16.2. The van der Waals surface area contributed by atoms with E-state index in [1.165, 1.54) is 64.2 Å². The Morgan fingerprint density at radius 3 is 1.70 bits per heavy atom. The van der Waals surface area contributed by atoms with Crippen molar-refractivity contribution in [2.75, 3.05) is 6.61 Å². The largest absolute Gasteiger partial charge is 0.397 e. The minimum Gasteiger partial charge on any atom is -0.264 e. The molecule has 140 valence electrons. The van der Waals surface area contributed by atoms with Gasteiger partial charge in [-0.3, -0.25) is 4.55 Å². The number of hydrogen-bond donors (Lipinski definition) is 1. The number of unbranched alkanes of at least 4 members (excludes halogenated alkanes) is 9. The van der Waals surface area contributed by atoms with Crippen molar-refractivity contribution in [2.24, 2.45) is 5.41 Å². The zero-order valence-corrected chi connectivity index (χ0v) is 16.3. The molecular weight excluding hydrogens is 312 g/mol. The Morgan fingerprint density at radius 1 is 0.783 bits per heavy atom. The van der Waals surface area contributed by atoms with Gasteiger partial charge in [0.2, 0.25) is 0 Å². The Kier molecular flexibility index (Phi) is 13.1. The molecule has 0 radical (unpaired) electrons. The molecule has 0 aliphatic rings. The molecule has 0 saturated heterocycles. The highest BCUT2D eigenvalue weighted by atomic mass is 32.3. The van der Waals surface area contributed by atoms with Crippen LogP contribution in [0.3, 0.4) is 0 Å². The lowest BCUT2D eigenvalue weighted by Crippen LogP contribution is -2.13. The van der Waals surface area contributed by atoms with E-state index < -0.39 is 10.4 Å². The minimum atomic E-state index is -4.28. The van der Waals surface area contributed by atoms with Crippen LogP contribution >= 0.6 is 0 Å². The van der Waals surface area contributed by atoms with Gasteiger partial charge in [-0.15, -0.1) is 0 Å². The van der Waals surface area contributed by atoms with Gasteiger partial charge in [0, 0.05) is 0 Å². The second-order valence-corrected chi connectivity index (χ2v) is 8.54. The Balaban J connectivity index is 3.44. The van der Waals surface area contributed by atoms with Crippen LogP contribution in [-0.4, -0.2) is 19.6 Å². The second kappa shape index (κ2) is 13.2. The maximum Gasteiger partial charge on any atom is 0.397 e. The third-order valence-electron chi connectivity index (χ3n) is 4.44. The lowest BCUT2D eigenvalue weighted by molar-refractivity contribution is 0.224. The fourth-order valence-corrected chi connectivity index (χ4v) is 3.26. The highest BCUT2D eigenvalue weighted by Crippen LogP contribution is 2.29. The van der Waals surface area contributed by atoms with E-state index in [4.69, 9.17) is 4.55 Å². The summed E-state index contributed by atoms with van der Waals surface area (Å²) in [7, 11) is -4.28. The van der Waals surface area contributed by atoms with Gasteiger partial charge >= 0.3 is 10.4 Å². The number of hydrogen-bond acceptors (Lipinski definition) is 3. The molecular formula is C18H38O4S. The molecule has 0 heterocycles. The normalized spacial score (nSPS) is 12.7. The minimum absolute atomic E-state index is 0.0697. The molecule has 0 rings (SSSR count). The van der Waals surface area contributed by atoms with Crippen LogP contribution in [0.15, 0.2) is 0 Å². The predicted octanol–water partition coefficient (Wildman–Crippen LogP) is 5.92. The fraction of sp³-hybridized carbons (Fsp3) is 1.00. The maximum absolute atomic E-state index is 10.5. The van der Waals surface area contributed by atoms with Crippen LogP contribution in [0, 0.1) is 5.41 Å². The summed E-state index contributed by atoms with van der Waals surface area (Å²) < 4.78 is 33.8. The number of rotatable bonds is 16. The Bertz CT molecular complexity index is 363. The fourth-order valence-electron chi connectivity index (χ4n) is 2.93. The third-order valence-corrected chi connectivity index (χ3v) is 4.90. The van der Waals surface area contributed by atoms with E-state index in [2.05, 4.69) is 25.0 Å². The topological polar surface area (TPSA) is 63.6 Å². The molecule has 1 N–H and O–H groups in total. The van der Waals surface area contributed by atoms with Crippen LogP contribution in [0.4, 0.5) is 0 Å². The van der Waals surface area contributed by atoms with E-state index in [1.807, 2.05) is 0 Å². The highest BCUT2D eigenvalue weighted by Gasteiger charge is 2.17. The predicted molar refractivity (Wildman–Crippen MR) is 97.0 cm³/mol. The van der Waals surface area contributed by atoms with Gasteiger partial charge in [-0.05, 0) is 24.7 Å². The summed E-state index contributed by atoms with van der Waals surface area (Å²) in [6, 6.07) is 0. The van der Waals surface area contributed by atoms with E-state index in [-0.39, 0.29) is 12.0 Å². The highest BCUT2D eigenvalue weighted by molar-refractivity contribution is 7.80. The first-order valence-corrected chi connectivity index (χ1v) is 10.8. The average Bonchev–Trinajstić information content (AvgIpc) is 2.45. The van der Waals surface area contributed by atoms with Gasteiger partial charge < -0.3 is 0 Å². The molecule has 0 aromatic carbocycles. The molecule has 5 heteroatoms. The molecule has 0 amide bonds. The van der Waals surface area contributed by atoms with Gasteiger partial charge in [0.25, 0.3) is 0 Å². The van der Waals surface area contributed by atoms with Crippen LogP contribution in [0.2, 0.25) is 0 Å². The Hall–Kier alpha value is -0.130. The van der Waals surface area contributed by atoms with Gasteiger partial charge in [0.15, 0.2) is 0 Å². The van der Waals surface area contributed by atoms with Crippen molar-refractivity contribution in [1.82, 2.24) is 0 Å². The summed E-state index contributed by atoms with van der Waals surface area (Å²) in [4.78, 5) is 0. The molecule has 0 fully saturated rings. The van der Waals surface area contributed by atoms with Crippen LogP contribution in [0.5, 0.6) is 0 Å². The van der Waals surface area contributed by atoms with Gasteiger partial charge in [0.05, 0.1) is 6.61 Å². The quantitative estimate of drug-likeness (QED) is 0.277. The van der Waals surface area contributed by atoms with Crippen molar-refractivity contribution in [1.29, 1.82) is 0 Å². The van der Waals surface area contributed by atoms with Crippen molar-refractivity contribution in [3.8, 4) is 0 Å². The summed E-state index contributed by atoms with van der Waals surface area (Å²) in [5, 5.41) is 0. The molecule has 0 aromatic rings. The molecule has 0 aliphatic carbocycles. The van der Waals surface area contributed by atoms with Gasteiger partial charge in [-0.2, -0.15) is 8.42 Å². The SMILES string of the molecule is CCCCCCCCCCCCC(C)(C)CCCOS(=O)(=O)O. The van der Waals surface area contributed by atoms with Gasteiger partial charge in [-0.25, -0.2) is 4.18 Å². The smallest absolute Gasteiger partial charge is 0.264 e. The standard InChI is InChI=1S/C18H38O4S/c1-4-5-6-7-8-9-10-11-12-13-15-18(2,3)16-14-17-22-23(19,20)21/h4-17H2,1-3H3,(H,19,20,21). The van der Waals surface area contributed by atoms with Gasteiger partial charge in [-0.1, -0.05) is 85.0 Å². The molecule has 0 saturated carbocycles. The van der Waals surface area contributed by atoms with E-state index in [0.717, 1.165) is 12.8 Å². The van der Waals surface area contributed by atoms with Crippen molar-refractivity contribution in [2.45, 2.75) is 104 Å². The van der Waals surface area contributed by atoms with Crippen molar-refractivity contribution < 1.29 is 17.2 Å². The van der Waals surface area contributed by atoms with Crippen molar-refractivity contribution >= 4 is 10.4 Å². The zero-order valence-electron chi connectivity index (χ0n) is 15.5. The summed E-state index contributed by atoms with van der Waals surface area (Å²) in [6.45, 7) is 6.76. The zero-order chi connectivity index (χ0) is 17.6. The first-order valence-electron chi connectivity index (χ1n) is 9.39. The maximum atomic E-state index is 10.5. The van der Waals surface area contributed by atoms with Crippen molar-refractivity contribution in [3.63, 3.8) is 0 Å². The summed E-state index contributed by atoms with van der Waals surface area (Å²) in [5.41, 5.74) is 0.211. The molecule has 0 aliphatic heterocycles. The first kappa shape index (κ1) is 22.9. The molecule has 0 atom stereocenters. The Morgan fingerprint density at radius 2 is 1.22 bits per heavy atom. The lowest BCUT2D eigenvalue weighted by Gasteiger charge is -2.24. The van der Waals surface area contributed by atoms with E-state index in [0.29, 0.717) is 6.42 Å². The van der Waals surface area contributed by atoms with E-state index in [9.17, 15) is 8.42 Å². The van der Waals surface area contributed by atoms with Crippen LogP contribution in [0.1, 0.15) is 104 Å². The lowest BCUT2D eigenvalue weighted by atomic mass is 9.82. The van der Waals surface area contributed by atoms with E-state index in [1.54, 1.807) is 0 Å². The molecule has 0 spiro atoms. The van der Waals surface area contributed by atoms with Crippen LogP contribution in [-0.2, 0) is 14.6 Å². The molecule has 23 heavy (non-hydrogen) atoms.